The fourth-order valence-electron chi connectivity index (χ4n) is 5.71. The summed E-state index contributed by atoms with van der Waals surface area (Å²) >= 11 is 6.56. The van der Waals surface area contributed by atoms with E-state index in [0.717, 1.165) is 53.2 Å². The summed E-state index contributed by atoms with van der Waals surface area (Å²) in [5.74, 6) is -1.48. The van der Waals surface area contributed by atoms with E-state index in [-0.39, 0.29) is 35.5 Å². The minimum absolute atomic E-state index is 0.00551. The van der Waals surface area contributed by atoms with E-state index < -0.39 is 34.3 Å². The minimum Gasteiger partial charge on any atom is -0.352 e. The van der Waals surface area contributed by atoms with E-state index in [2.05, 4.69) is 5.32 Å². The van der Waals surface area contributed by atoms with Gasteiger partial charge in [-0.05, 0) is 73.4 Å². The number of aryl methyl sites for hydroxylation is 1. The molecular weight excluding hydrogens is 625 g/mol. The second kappa shape index (κ2) is 14.9. The molecule has 240 valence electrons. The van der Waals surface area contributed by atoms with Gasteiger partial charge in [-0.3, -0.25) is 13.9 Å². The maximum absolute atomic E-state index is 14.6. The van der Waals surface area contributed by atoms with E-state index in [1.807, 2.05) is 37.3 Å². The second-order valence-corrected chi connectivity index (χ2v) is 13.9. The number of hydrogen-bond donors (Lipinski definition) is 1. The van der Waals surface area contributed by atoms with Gasteiger partial charge in [0.1, 0.15) is 18.4 Å². The van der Waals surface area contributed by atoms with Gasteiger partial charge in [0.25, 0.3) is 10.0 Å². The smallest absolute Gasteiger partial charge is 0.264 e. The van der Waals surface area contributed by atoms with Crippen LogP contribution in [0, 0.1) is 12.7 Å². The Bertz CT molecular complexity index is 1750. The van der Waals surface area contributed by atoms with Crippen molar-refractivity contribution in [3.8, 4) is 0 Å². The molecule has 1 atom stereocenters. The number of anilines is 1. The molecule has 0 saturated heterocycles. The lowest BCUT2D eigenvalue weighted by Crippen LogP contribution is -2.54. The molecule has 1 aliphatic rings. The van der Waals surface area contributed by atoms with Gasteiger partial charge in [-0.1, -0.05) is 90.7 Å². The Balaban J connectivity index is 1.57. The van der Waals surface area contributed by atoms with Crippen LogP contribution >= 0.6 is 11.6 Å². The molecule has 1 aliphatic carbocycles. The van der Waals surface area contributed by atoms with Crippen molar-refractivity contribution in [2.75, 3.05) is 10.8 Å². The predicted molar refractivity (Wildman–Crippen MR) is 178 cm³/mol. The molecule has 0 heterocycles. The Morgan fingerprint density at radius 3 is 2.17 bits per heavy atom. The molecule has 0 unspecified atom stereocenters. The van der Waals surface area contributed by atoms with E-state index >= 15 is 0 Å². The molecule has 10 heteroatoms. The van der Waals surface area contributed by atoms with Crippen LogP contribution in [0.4, 0.5) is 10.1 Å². The number of benzene rings is 4. The number of carbonyl (C=O) groups is 2. The third-order valence-electron chi connectivity index (χ3n) is 8.27. The van der Waals surface area contributed by atoms with E-state index in [9.17, 15) is 22.4 Å². The molecule has 5 rings (SSSR count). The lowest BCUT2D eigenvalue weighted by Gasteiger charge is -2.34. The molecule has 4 aromatic rings. The maximum atomic E-state index is 14.6. The van der Waals surface area contributed by atoms with Gasteiger partial charge < -0.3 is 10.2 Å². The fraction of sp³-hybridized carbons (Fsp3) is 0.278. The molecule has 46 heavy (non-hydrogen) atoms. The molecule has 0 aromatic heterocycles. The molecule has 1 fully saturated rings. The number of halogens is 2. The maximum Gasteiger partial charge on any atom is 0.264 e. The molecule has 1 saturated carbocycles. The number of nitrogens with one attached hydrogen (secondary N) is 1. The van der Waals surface area contributed by atoms with Crippen LogP contribution in [0.15, 0.2) is 108 Å². The van der Waals surface area contributed by atoms with E-state index in [0.29, 0.717) is 10.6 Å². The number of amides is 2. The van der Waals surface area contributed by atoms with Crippen molar-refractivity contribution in [1.82, 2.24) is 10.2 Å². The van der Waals surface area contributed by atoms with Crippen LogP contribution in [0.2, 0.25) is 5.02 Å². The van der Waals surface area contributed by atoms with E-state index in [4.69, 9.17) is 11.6 Å². The van der Waals surface area contributed by atoms with Crippen molar-refractivity contribution in [2.45, 2.75) is 62.6 Å². The SMILES string of the molecule is Cc1ccc(N(CC(=O)N(Cc2ccccc2Cl)[C@@H](Cc2ccccc2)C(=O)NC2CCCC2)S(=O)(=O)c2ccc(F)cc2)cc1. The summed E-state index contributed by atoms with van der Waals surface area (Å²) in [5.41, 5.74) is 2.63. The van der Waals surface area contributed by atoms with Crippen molar-refractivity contribution >= 4 is 39.1 Å². The summed E-state index contributed by atoms with van der Waals surface area (Å²) in [6.45, 7) is 1.25. The molecule has 4 aromatic carbocycles. The summed E-state index contributed by atoms with van der Waals surface area (Å²) < 4.78 is 42.9. The first kappa shape index (κ1) is 33.2. The monoisotopic (exact) mass is 661 g/mol. The highest BCUT2D eigenvalue weighted by Crippen LogP contribution is 2.27. The normalized spacial score (nSPS) is 14.1. The second-order valence-electron chi connectivity index (χ2n) is 11.6. The molecule has 7 nitrogen and oxygen atoms in total. The summed E-state index contributed by atoms with van der Waals surface area (Å²) in [7, 11) is -4.32. The number of sulfonamides is 1. The molecular formula is C36H37ClFN3O4S. The molecule has 0 spiro atoms. The Hall–Kier alpha value is -4.21. The summed E-state index contributed by atoms with van der Waals surface area (Å²) in [6, 6.07) is 26.7. The standard InChI is InChI=1S/C36H37ClFN3O4S/c1-26-15-19-31(20-16-26)41(46(44,45)32-21-17-29(38)18-22-32)25-35(42)40(24-28-11-5-8-14-33(28)37)34(23-27-9-3-2-4-10-27)36(43)39-30-12-6-7-13-30/h2-5,8-11,14-22,30,34H,6-7,12-13,23-25H2,1H3,(H,39,43)/t34-/m0/s1. The lowest BCUT2D eigenvalue weighted by molar-refractivity contribution is -0.140. The zero-order chi connectivity index (χ0) is 32.7. The topological polar surface area (TPSA) is 86.8 Å². The largest absolute Gasteiger partial charge is 0.352 e. The number of carbonyl (C=O) groups excluding carboxylic acids is 2. The summed E-state index contributed by atoms with van der Waals surface area (Å²) in [5, 5.41) is 3.58. The zero-order valence-electron chi connectivity index (χ0n) is 25.6. The lowest BCUT2D eigenvalue weighted by atomic mass is 10.0. The molecule has 2 amide bonds. The highest BCUT2D eigenvalue weighted by atomic mass is 35.5. The van der Waals surface area contributed by atoms with E-state index in [1.165, 1.54) is 17.0 Å². The Morgan fingerprint density at radius 1 is 0.891 bits per heavy atom. The van der Waals surface area contributed by atoms with Crippen LogP contribution < -0.4 is 9.62 Å². The van der Waals surface area contributed by atoms with Gasteiger partial charge in [-0.2, -0.15) is 0 Å². The van der Waals surface area contributed by atoms with Crippen molar-refractivity contribution in [2.24, 2.45) is 0 Å². The van der Waals surface area contributed by atoms with Crippen LogP contribution in [0.5, 0.6) is 0 Å². The minimum atomic E-state index is -4.32. The van der Waals surface area contributed by atoms with Crippen LogP contribution in [-0.4, -0.2) is 43.8 Å². The Labute approximate surface area is 275 Å². The van der Waals surface area contributed by atoms with Gasteiger partial charge in [0.2, 0.25) is 11.8 Å². The molecule has 0 bridgehead atoms. The highest BCUT2D eigenvalue weighted by Gasteiger charge is 2.35. The van der Waals surface area contributed by atoms with Gasteiger partial charge in [0.15, 0.2) is 0 Å². The van der Waals surface area contributed by atoms with Gasteiger partial charge in [0.05, 0.1) is 10.6 Å². The van der Waals surface area contributed by atoms with Gasteiger partial charge in [-0.15, -0.1) is 0 Å². The highest BCUT2D eigenvalue weighted by molar-refractivity contribution is 7.92. The molecule has 0 aliphatic heterocycles. The van der Waals surface area contributed by atoms with Crippen molar-refractivity contribution in [3.63, 3.8) is 0 Å². The van der Waals surface area contributed by atoms with Crippen molar-refractivity contribution in [1.29, 1.82) is 0 Å². The Kier molecular flexibility index (Phi) is 10.8. The number of hydrogen-bond acceptors (Lipinski definition) is 4. The van der Waals surface area contributed by atoms with Crippen LogP contribution in [-0.2, 0) is 32.6 Å². The van der Waals surface area contributed by atoms with Gasteiger partial charge >= 0.3 is 0 Å². The number of rotatable bonds is 12. The third-order valence-corrected chi connectivity index (χ3v) is 10.4. The van der Waals surface area contributed by atoms with E-state index in [1.54, 1.807) is 48.5 Å². The average Bonchev–Trinajstić information content (AvgIpc) is 3.56. The van der Waals surface area contributed by atoms with Gasteiger partial charge in [-0.25, -0.2) is 12.8 Å². The molecule has 0 radical (unpaired) electrons. The Morgan fingerprint density at radius 2 is 1.52 bits per heavy atom. The summed E-state index contributed by atoms with van der Waals surface area (Å²) in [6.07, 6.45) is 3.97. The average molecular weight is 662 g/mol. The van der Waals surface area contributed by atoms with Crippen LogP contribution in [0.25, 0.3) is 0 Å². The predicted octanol–water partition coefficient (Wildman–Crippen LogP) is 6.68. The number of nitrogens with zero attached hydrogens (tertiary/aromatic N) is 2. The van der Waals surface area contributed by atoms with Crippen molar-refractivity contribution < 1.29 is 22.4 Å². The first-order valence-corrected chi connectivity index (χ1v) is 17.2. The first-order valence-electron chi connectivity index (χ1n) is 15.3. The zero-order valence-corrected chi connectivity index (χ0v) is 27.2. The van der Waals surface area contributed by atoms with Crippen LogP contribution in [0.3, 0.4) is 0 Å². The third kappa shape index (κ3) is 8.13. The fourth-order valence-corrected chi connectivity index (χ4v) is 7.31. The van der Waals surface area contributed by atoms with Gasteiger partial charge in [0, 0.05) is 24.0 Å². The summed E-state index contributed by atoms with van der Waals surface area (Å²) in [4.78, 5) is 29.9. The quantitative estimate of drug-likeness (QED) is 0.184. The van der Waals surface area contributed by atoms with Crippen LogP contribution in [0.1, 0.15) is 42.4 Å². The van der Waals surface area contributed by atoms with Crippen molar-refractivity contribution in [3.05, 3.63) is 131 Å². The first-order chi connectivity index (χ1) is 22.1. The molecule has 1 N–H and O–H groups in total.